The lowest BCUT2D eigenvalue weighted by Gasteiger charge is -2.31. The summed E-state index contributed by atoms with van der Waals surface area (Å²) in [6, 6.07) is 6.92. The van der Waals surface area contributed by atoms with E-state index in [9.17, 15) is 9.90 Å². The van der Waals surface area contributed by atoms with Crippen molar-refractivity contribution in [2.45, 2.75) is 45.3 Å². The van der Waals surface area contributed by atoms with Gasteiger partial charge in [-0.2, -0.15) is 0 Å². The number of carbonyl (C=O) groups excluding carboxylic acids is 1. The molecule has 3 atom stereocenters. The molecule has 1 aromatic rings. The Hall–Kier alpha value is -1.26. The molecule has 0 aliphatic heterocycles. The van der Waals surface area contributed by atoms with Gasteiger partial charge in [0.1, 0.15) is 5.75 Å². The fraction of sp³-hybridized carbons (Fsp3) is 0.562. The highest BCUT2D eigenvalue weighted by molar-refractivity contribution is 6.30. The molecule has 0 saturated heterocycles. The van der Waals surface area contributed by atoms with Gasteiger partial charge in [-0.05, 0) is 44.0 Å². The van der Waals surface area contributed by atoms with Crippen LogP contribution in [0.4, 0.5) is 0 Å². The van der Waals surface area contributed by atoms with Crippen LogP contribution in [0.1, 0.15) is 33.1 Å². The van der Waals surface area contributed by atoms with Gasteiger partial charge in [-0.25, -0.2) is 0 Å². The predicted octanol–water partition coefficient (Wildman–Crippen LogP) is 2.77. The molecule has 21 heavy (non-hydrogen) atoms. The zero-order chi connectivity index (χ0) is 15.5. The molecule has 0 heterocycles. The number of ether oxygens (including phenoxy) is 1. The van der Waals surface area contributed by atoms with Crippen LogP contribution in [0.3, 0.4) is 0 Å². The lowest BCUT2D eigenvalue weighted by atomic mass is 9.86. The fourth-order valence-electron chi connectivity index (χ4n) is 2.73. The number of hydrogen-bond donors (Lipinski definition) is 2. The summed E-state index contributed by atoms with van der Waals surface area (Å²) in [6.07, 6.45) is 2.26. The van der Waals surface area contributed by atoms with E-state index in [1.54, 1.807) is 31.2 Å². The van der Waals surface area contributed by atoms with Gasteiger partial charge in [-0.15, -0.1) is 0 Å². The van der Waals surface area contributed by atoms with Gasteiger partial charge in [0.2, 0.25) is 0 Å². The Labute approximate surface area is 130 Å². The van der Waals surface area contributed by atoms with Crippen molar-refractivity contribution in [3.05, 3.63) is 29.3 Å². The predicted molar refractivity (Wildman–Crippen MR) is 82.5 cm³/mol. The molecule has 0 bridgehead atoms. The Morgan fingerprint density at radius 3 is 2.81 bits per heavy atom. The second-order valence-corrected chi connectivity index (χ2v) is 6.42. The molecule has 1 amide bonds. The van der Waals surface area contributed by atoms with Gasteiger partial charge < -0.3 is 15.2 Å². The van der Waals surface area contributed by atoms with Gasteiger partial charge in [-0.3, -0.25) is 4.79 Å². The Balaban J connectivity index is 1.92. The van der Waals surface area contributed by atoms with Crippen molar-refractivity contribution in [1.82, 2.24) is 5.32 Å². The molecular weight excluding hydrogens is 290 g/mol. The molecule has 0 aromatic heterocycles. The number of amides is 1. The lowest BCUT2D eigenvalue weighted by molar-refractivity contribution is -0.128. The summed E-state index contributed by atoms with van der Waals surface area (Å²) in [5, 5.41) is 13.1. The van der Waals surface area contributed by atoms with Crippen LogP contribution in [0.5, 0.6) is 5.75 Å². The van der Waals surface area contributed by atoms with Gasteiger partial charge in [0.05, 0.1) is 6.61 Å². The van der Waals surface area contributed by atoms with Crippen LogP contribution < -0.4 is 10.1 Å². The highest BCUT2D eigenvalue weighted by Gasteiger charge is 2.39. The Bertz CT molecular complexity index is 491. The number of aliphatic hydroxyl groups excluding tert-OH is 1. The third-order valence-corrected chi connectivity index (χ3v) is 4.51. The highest BCUT2D eigenvalue weighted by atomic mass is 35.5. The maximum atomic E-state index is 12.2. The van der Waals surface area contributed by atoms with Gasteiger partial charge in [0.15, 0.2) is 6.10 Å². The number of nitrogens with one attached hydrogen (secondary N) is 1. The number of halogens is 1. The molecule has 1 aromatic carbocycles. The summed E-state index contributed by atoms with van der Waals surface area (Å²) in [6.45, 7) is 3.81. The standard InChI is InChI=1S/C16H22ClNO3/c1-11(21-13-7-5-12(17)6-8-13)15(20)18-14-4-3-9-16(14,2)10-19/h5-8,11,14,19H,3-4,9-10H2,1-2H3,(H,18,20). The summed E-state index contributed by atoms with van der Waals surface area (Å²) in [4.78, 5) is 12.2. The Morgan fingerprint density at radius 1 is 1.52 bits per heavy atom. The first-order valence-corrected chi connectivity index (χ1v) is 7.66. The third-order valence-electron chi connectivity index (χ3n) is 4.26. The summed E-state index contributed by atoms with van der Waals surface area (Å²) in [5.74, 6) is 0.454. The molecule has 1 fully saturated rings. The molecule has 1 aliphatic rings. The van der Waals surface area contributed by atoms with Crippen LogP contribution >= 0.6 is 11.6 Å². The molecule has 2 rings (SSSR count). The zero-order valence-electron chi connectivity index (χ0n) is 12.4. The van der Waals surface area contributed by atoms with Crippen molar-refractivity contribution in [2.75, 3.05) is 6.61 Å². The van der Waals surface area contributed by atoms with E-state index in [0.29, 0.717) is 10.8 Å². The van der Waals surface area contributed by atoms with Crippen LogP contribution in [0.25, 0.3) is 0 Å². The quantitative estimate of drug-likeness (QED) is 0.879. The van der Waals surface area contributed by atoms with Crippen LogP contribution in [-0.4, -0.2) is 29.8 Å². The normalized spacial score (nSPS) is 26.4. The number of aliphatic hydroxyl groups is 1. The summed E-state index contributed by atoms with van der Waals surface area (Å²) < 4.78 is 5.61. The SMILES string of the molecule is CC(Oc1ccc(Cl)cc1)C(=O)NC1CCCC1(C)CO. The zero-order valence-corrected chi connectivity index (χ0v) is 13.2. The molecule has 1 aliphatic carbocycles. The molecule has 5 heteroatoms. The molecule has 3 unspecified atom stereocenters. The van der Waals surface area contributed by atoms with E-state index in [2.05, 4.69) is 5.32 Å². The largest absolute Gasteiger partial charge is 0.481 e. The Kier molecular flexibility index (Phi) is 5.12. The first kappa shape index (κ1) is 16.1. The maximum Gasteiger partial charge on any atom is 0.261 e. The van der Waals surface area contributed by atoms with Crippen molar-refractivity contribution in [1.29, 1.82) is 0 Å². The molecule has 1 saturated carbocycles. The monoisotopic (exact) mass is 311 g/mol. The minimum Gasteiger partial charge on any atom is -0.481 e. The highest BCUT2D eigenvalue weighted by Crippen LogP contribution is 2.37. The molecule has 2 N–H and O–H groups in total. The van der Waals surface area contributed by atoms with Crippen LogP contribution in [-0.2, 0) is 4.79 Å². The second kappa shape index (κ2) is 6.67. The van der Waals surface area contributed by atoms with Crippen LogP contribution in [0.2, 0.25) is 5.02 Å². The minimum absolute atomic E-state index is 0.00580. The van der Waals surface area contributed by atoms with E-state index in [1.807, 2.05) is 6.92 Å². The Morgan fingerprint density at radius 2 is 2.19 bits per heavy atom. The topological polar surface area (TPSA) is 58.6 Å². The minimum atomic E-state index is -0.588. The second-order valence-electron chi connectivity index (χ2n) is 5.98. The van der Waals surface area contributed by atoms with E-state index < -0.39 is 6.10 Å². The van der Waals surface area contributed by atoms with E-state index >= 15 is 0 Å². The molecular formula is C16H22ClNO3. The van der Waals surface area contributed by atoms with Gasteiger partial charge >= 0.3 is 0 Å². The number of rotatable bonds is 5. The number of hydrogen-bond acceptors (Lipinski definition) is 3. The third kappa shape index (κ3) is 3.89. The molecule has 116 valence electrons. The molecule has 0 radical (unpaired) electrons. The summed E-state index contributed by atoms with van der Waals surface area (Å²) in [7, 11) is 0. The smallest absolute Gasteiger partial charge is 0.261 e. The van der Waals surface area contributed by atoms with E-state index in [4.69, 9.17) is 16.3 Å². The summed E-state index contributed by atoms with van der Waals surface area (Å²) in [5.41, 5.74) is -0.227. The summed E-state index contributed by atoms with van der Waals surface area (Å²) >= 11 is 5.81. The van der Waals surface area contributed by atoms with Crippen molar-refractivity contribution < 1.29 is 14.6 Å². The lowest BCUT2D eigenvalue weighted by Crippen LogP contribution is -2.48. The van der Waals surface area contributed by atoms with Gasteiger partial charge in [0, 0.05) is 16.5 Å². The molecule has 0 spiro atoms. The fourth-order valence-corrected chi connectivity index (χ4v) is 2.85. The maximum absolute atomic E-state index is 12.2. The molecule has 4 nitrogen and oxygen atoms in total. The van der Waals surface area contributed by atoms with E-state index in [1.165, 1.54) is 0 Å². The van der Waals surface area contributed by atoms with E-state index in [-0.39, 0.29) is 24.0 Å². The van der Waals surface area contributed by atoms with Crippen LogP contribution in [0, 0.1) is 5.41 Å². The van der Waals surface area contributed by atoms with Crippen molar-refractivity contribution in [3.8, 4) is 5.75 Å². The van der Waals surface area contributed by atoms with Gasteiger partial charge in [0.25, 0.3) is 5.91 Å². The number of carbonyl (C=O) groups is 1. The first-order valence-electron chi connectivity index (χ1n) is 7.28. The average molecular weight is 312 g/mol. The van der Waals surface area contributed by atoms with Gasteiger partial charge in [-0.1, -0.05) is 24.9 Å². The van der Waals surface area contributed by atoms with Crippen molar-refractivity contribution in [3.63, 3.8) is 0 Å². The average Bonchev–Trinajstić information content (AvgIpc) is 2.83. The van der Waals surface area contributed by atoms with Crippen LogP contribution in [0.15, 0.2) is 24.3 Å². The van der Waals surface area contributed by atoms with E-state index in [0.717, 1.165) is 19.3 Å². The first-order chi connectivity index (χ1) is 9.94. The van der Waals surface area contributed by atoms with Crippen molar-refractivity contribution in [2.24, 2.45) is 5.41 Å². The number of benzene rings is 1. The van der Waals surface area contributed by atoms with Crippen molar-refractivity contribution >= 4 is 17.5 Å².